The Morgan fingerprint density at radius 3 is 2.63 bits per heavy atom. The zero-order valence-corrected chi connectivity index (χ0v) is 11.5. The molecule has 19 heavy (non-hydrogen) atoms. The number of aromatic nitrogens is 1. The summed E-state index contributed by atoms with van der Waals surface area (Å²) < 4.78 is 4.65. The van der Waals surface area contributed by atoms with Gasteiger partial charge in [-0.05, 0) is 25.0 Å². The fourth-order valence-corrected chi connectivity index (χ4v) is 2.50. The Balaban J connectivity index is 1.83. The molecule has 0 saturated heterocycles. The number of nitrogens with one attached hydrogen (secondary N) is 1. The molecule has 0 amide bonds. The molecule has 4 heteroatoms. The summed E-state index contributed by atoms with van der Waals surface area (Å²) in [5.41, 5.74) is 1.47. The van der Waals surface area contributed by atoms with Crippen LogP contribution >= 0.6 is 0 Å². The van der Waals surface area contributed by atoms with Crippen LogP contribution in [0.4, 0.5) is 0 Å². The summed E-state index contributed by atoms with van der Waals surface area (Å²) in [4.78, 5) is 15.6. The minimum Gasteiger partial charge on any atom is -0.465 e. The third-order valence-electron chi connectivity index (χ3n) is 3.67. The molecule has 4 nitrogen and oxygen atoms in total. The van der Waals surface area contributed by atoms with E-state index < -0.39 is 0 Å². The molecule has 2 rings (SSSR count). The van der Waals surface area contributed by atoms with E-state index in [1.807, 2.05) is 6.07 Å². The van der Waals surface area contributed by atoms with Crippen molar-refractivity contribution in [3.05, 3.63) is 29.6 Å². The van der Waals surface area contributed by atoms with Crippen molar-refractivity contribution in [2.75, 3.05) is 7.11 Å². The molecular weight excluding hydrogens is 240 g/mol. The maximum absolute atomic E-state index is 11.3. The van der Waals surface area contributed by atoms with E-state index in [9.17, 15) is 4.79 Å². The van der Waals surface area contributed by atoms with E-state index in [0.717, 1.165) is 12.2 Å². The number of ether oxygens (including phenoxy) is 1. The Morgan fingerprint density at radius 1 is 1.32 bits per heavy atom. The van der Waals surface area contributed by atoms with Gasteiger partial charge in [0.15, 0.2) is 0 Å². The third kappa shape index (κ3) is 4.31. The van der Waals surface area contributed by atoms with Crippen molar-refractivity contribution in [1.82, 2.24) is 10.3 Å². The molecule has 0 aromatic carbocycles. The molecule has 1 aromatic rings. The van der Waals surface area contributed by atoms with Gasteiger partial charge in [0, 0.05) is 18.8 Å². The van der Waals surface area contributed by atoms with Crippen LogP contribution in [0.5, 0.6) is 0 Å². The SMILES string of the molecule is COC(=O)c1ccc(CNC2CCCCCC2)nc1. The van der Waals surface area contributed by atoms with E-state index in [2.05, 4.69) is 15.0 Å². The van der Waals surface area contributed by atoms with Crippen molar-refractivity contribution in [3.63, 3.8) is 0 Å². The third-order valence-corrected chi connectivity index (χ3v) is 3.67. The summed E-state index contributed by atoms with van der Waals surface area (Å²) in [6.45, 7) is 0.770. The lowest BCUT2D eigenvalue weighted by Gasteiger charge is -2.15. The van der Waals surface area contributed by atoms with Gasteiger partial charge < -0.3 is 10.1 Å². The van der Waals surface area contributed by atoms with E-state index in [-0.39, 0.29) is 5.97 Å². The molecule has 104 valence electrons. The standard InChI is InChI=1S/C15H22N2O2/c1-19-15(18)12-8-9-14(16-10-12)11-17-13-6-4-2-3-5-7-13/h8-10,13,17H,2-7,11H2,1H3. The maximum atomic E-state index is 11.3. The van der Waals surface area contributed by atoms with Crippen LogP contribution in [-0.4, -0.2) is 24.1 Å². The number of esters is 1. The van der Waals surface area contributed by atoms with Gasteiger partial charge in [0.2, 0.25) is 0 Å². The Morgan fingerprint density at radius 2 is 2.05 bits per heavy atom. The van der Waals surface area contributed by atoms with Crippen molar-refractivity contribution in [2.24, 2.45) is 0 Å². The highest BCUT2D eigenvalue weighted by atomic mass is 16.5. The van der Waals surface area contributed by atoms with Gasteiger partial charge in [-0.15, -0.1) is 0 Å². The monoisotopic (exact) mass is 262 g/mol. The molecular formula is C15H22N2O2. The molecule has 0 aliphatic heterocycles. The quantitative estimate of drug-likeness (QED) is 0.669. The predicted octanol–water partition coefficient (Wildman–Crippen LogP) is 2.68. The second kappa shape index (κ2) is 7.24. The van der Waals surface area contributed by atoms with Crippen LogP contribution in [0.1, 0.15) is 54.6 Å². The fraction of sp³-hybridized carbons (Fsp3) is 0.600. The molecule has 0 spiro atoms. The lowest BCUT2D eigenvalue weighted by molar-refractivity contribution is 0.0600. The lowest BCUT2D eigenvalue weighted by Crippen LogP contribution is -2.28. The molecule has 0 atom stereocenters. The van der Waals surface area contributed by atoms with E-state index in [0.29, 0.717) is 11.6 Å². The molecule has 0 unspecified atom stereocenters. The van der Waals surface area contributed by atoms with E-state index in [1.165, 1.54) is 45.6 Å². The number of nitrogens with zero attached hydrogens (tertiary/aromatic N) is 1. The number of hydrogen-bond donors (Lipinski definition) is 1. The summed E-state index contributed by atoms with van der Waals surface area (Å²) in [6.07, 6.45) is 9.49. The van der Waals surface area contributed by atoms with Crippen molar-refractivity contribution in [3.8, 4) is 0 Å². The summed E-state index contributed by atoms with van der Waals surface area (Å²) in [5, 5.41) is 3.56. The highest BCUT2D eigenvalue weighted by Crippen LogP contribution is 2.17. The molecule has 1 N–H and O–H groups in total. The van der Waals surface area contributed by atoms with Gasteiger partial charge in [0.25, 0.3) is 0 Å². The topological polar surface area (TPSA) is 51.2 Å². The molecule has 0 radical (unpaired) electrons. The number of hydrogen-bond acceptors (Lipinski definition) is 4. The van der Waals surface area contributed by atoms with Crippen molar-refractivity contribution < 1.29 is 9.53 Å². The van der Waals surface area contributed by atoms with Gasteiger partial charge in [0.1, 0.15) is 0 Å². The van der Waals surface area contributed by atoms with Crippen LogP contribution in [0.2, 0.25) is 0 Å². The summed E-state index contributed by atoms with van der Waals surface area (Å²) >= 11 is 0. The summed E-state index contributed by atoms with van der Waals surface area (Å²) in [7, 11) is 1.38. The molecule has 1 aliphatic carbocycles. The van der Waals surface area contributed by atoms with Gasteiger partial charge >= 0.3 is 5.97 Å². The van der Waals surface area contributed by atoms with Crippen molar-refractivity contribution in [1.29, 1.82) is 0 Å². The normalized spacial score (nSPS) is 16.9. The van der Waals surface area contributed by atoms with E-state index in [4.69, 9.17) is 0 Å². The average molecular weight is 262 g/mol. The number of carbonyl (C=O) groups excluding carboxylic acids is 1. The summed E-state index contributed by atoms with van der Waals surface area (Å²) in [6, 6.07) is 4.27. The first kappa shape index (κ1) is 14.0. The Kier molecular flexibility index (Phi) is 5.33. The molecule has 0 bridgehead atoms. The largest absolute Gasteiger partial charge is 0.465 e. The number of rotatable bonds is 4. The van der Waals surface area contributed by atoms with Crippen LogP contribution in [0.25, 0.3) is 0 Å². The number of pyridine rings is 1. The number of carbonyl (C=O) groups is 1. The van der Waals surface area contributed by atoms with Crippen LogP contribution in [0.15, 0.2) is 18.3 Å². The maximum Gasteiger partial charge on any atom is 0.339 e. The van der Waals surface area contributed by atoms with Crippen molar-refractivity contribution >= 4 is 5.97 Å². The minimum absolute atomic E-state index is 0.337. The van der Waals surface area contributed by atoms with Crippen LogP contribution < -0.4 is 5.32 Å². The smallest absolute Gasteiger partial charge is 0.339 e. The zero-order valence-electron chi connectivity index (χ0n) is 11.5. The lowest BCUT2D eigenvalue weighted by atomic mass is 10.1. The first-order chi connectivity index (χ1) is 9.29. The van der Waals surface area contributed by atoms with Crippen LogP contribution in [0.3, 0.4) is 0 Å². The molecule has 1 aromatic heterocycles. The second-order valence-corrected chi connectivity index (χ2v) is 5.10. The number of methoxy groups -OCH3 is 1. The highest BCUT2D eigenvalue weighted by molar-refractivity contribution is 5.88. The molecule has 1 saturated carbocycles. The fourth-order valence-electron chi connectivity index (χ4n) is 2.50. The van der Waals surface area contributed by atoms with Gasteiger partial charge in [-0.3, -0.25) is 4.98 Å². The van der Waals surface area contributed by atoms with E-state index >= 15 is 0 Å². The highest BCUT2D eigenvalue weighted by Gasteiger charge is 2.12. The van der Waals surface area contributed by atoms with E-state index in [1.54, 1.807) is 12.3 Å². The van der Waals surface area contributed by atoms with Gasteiger partial charge in [-0.25, -0.2) is 4.79 Å². The van der Waals surface area contributed by atoms with Gasteiger partial charge in [-0.2, -0.15) is 0 Å². The average Bonchev–Trinajstić information content (AvgIpc) is 2.73. The van der Waals surface area contributed by atoms with Gasteiger partial charge in [0.05, 0.1) is 18.4 Å². The Bertz CT molecular complexity index is 395. The van der Waals surface area contributed by atoms with Gasteiger partial charge in [-0.1, -0.05) is 25.7 Å². The zero-order chi connectivity index (χ0) is 13.5. The van der Waals surface area contributed by atoms with Crippen molar-refractivity contribution in [2.45, 2.75) is 51.1 Å². The van der Waals surface area contributed by atoms with Crippen LogP contribution in [-0.2, 0) is 11.3 Å². The van der Waals surface area contributed by atoms with Crippen LogP contribution in [0, 0.1) is 0 Å². The first-order valence-electron chi connectivity index (χ1n) is 7.06. The molecule has 1 aliphatic rings. The second-order valence-electron chi connectivity index (χ2n) is 5.10. The summed E-state index contributed by atoms with van der Waals surface area (Å²) in [5.74, 6) is -0.337. The minimum atomic E-state index is -0.337. The first-order valence-corrected chi connectivity index (χ1v) is 7.06. The Labute approximate surface area is 114 Å². The molecule has 1 heterocycles. The predicted molar refractivity (Wildman–Crippen MR) is 73.9 cm³/mol. The molecule has 1 fully saturated rings. The Hall–Kier alpha value is -1.42.